The van der Waals surface area contributed by atoms with Gasteiger partial charge in [-0.3, -0.25) is 14.4 Å². The Labute approximate surface area is 236 Å². The second-order valence-electron chi connectivity index (χ2n) is 11.2. The molecular formula is C31H41N3O6. The van der Waals surface area contributed by atoms with Crippen molar-refractivity contribution in [3.05, 3.63) is 48.6 Å². The minimum absolute atomic E-state index is 0.0222. The quantitative estimate of drug-likeness (QED) is 0.474. The minimum Gasteiger partial charge on any atom is -0.494 e. The summed E-state index contributed by atoms with van der Waals surface area (Å²) in [5, 5.41) is 10.3. The maximum atomic E-state index is 14.4. The highest BCUT2D eigenvalue weighted by atomic mass is 16.5. The molecule has 0 aromatic heterocycles. The molecule has 0 saturated carbocycles. The summed E-state index contributed by atoms with van der Waals surface area (Å²) in [6, 6.07) is 5.81. The molecule has 40 heavy (non-hydrogen) atoms. The Bertz CT molecular complexity index is 1180. The molecule has 1 N–H and O–H groups in total. The van der Waals surface area contributed by atoms with E-state index < -0.39 is 35.6 Å². The maximum Gasteiger partial charge on any atom is 0.249 e. The molecule has 2 fully saturated rings. The third-order valence-electron chi connectivity index (χ3n) is 8.90. The number of amides is 3. The van der Waals surface area contributed by atoms with Crippen LogP contribution >= 0.6 is 0 Å². The Morgan fingerprint density at radius 2 is 1.80 bits per heavy atom. The van der Waals surface area contributed by atoms with E-state index in [1.54, 1.807) is 4.90 Å². The van der Waals surface area contributed by atoms with Crippen molar-refractivity contribution in [1.82, 2.24) is 9.80 Å². The van der Waals surface area contributed by atoms with Crippen LogP contribution in [-0.4, -0.2) is 88.8 Å². The first-order valence-electron chi connectivity index (χ1n) is 14.6. The van der Waals surface area contributed by atoms with E-state index >= 15 is 0 Å². The van der Waals surface area contributed by atoms with Gasteiger partial charge in [-0.1, -0.05) is 44.6 Å². The van der Waals surface area contributed by atoms with Crippen molar-refractivity contribution in [2.75, 3.05) is 31.2 Å². The maximum absolute atomic E-state index is 14.4. The highest BCUT2D eigenvalue weighted by Gasteiger charge is 2.72. The number of anilines is 1. The van der Waals surface area contributed by atoms with Gasteiger partial charge in [0.25, 0.3) is 0 Å². The number of carbonyl (C=O) groups is 3. The van der Waals surface area contributed by atoms with Crippen molar-refractivity contribution >= 4 is 23.4 Å². The average molecular weight is 552 g/mol. The van der Waals surface area contributed by atoms with E-state index in [0.29, 0.717) is 37.6 Å². The molecule has 1 aromatic carbocycles. The van der Waals surface area contributed by atoms with E-state index in [4.69, 9.17) is 9.47 Å². The molecule has 5 rings (SSSR count). The number of fused-ring (bicyclic) bond motifs is 2. The topological polar surface area (TPSA) is 99.6 Å². The molecular weight excluding hydrogens is 510 g/mol. The zero-order chi connectivity index (χ0) is 28.6. The van der Waals surface area contributed by atoms with Crippen LogP contribution in [-0.2, 0) is 19.1 Å². The molecule has 1 spiro atoms. The average Bonchev–Trinajstić information content (AvgIpc) is 3.26. The molecule has 216 valence electrons. The Kier molecular flexibility index (Phi) is 8.06. The van der Waals surface area contributed by atoms with Crippen LogP contribution in [0.5, 0.6) is 5.75 Å². The summed E-state index contributed by atoms with van der Waals surface area (Å²) < 4.78 is 12.3. The number of hydrogen-bond acceptors (Lipinski definition) is 6. The second-order valence-corrected chi connectivity index (χ2v) is 11.2. The first-order valence-corrected chi connectivity index (χ1v) is 14.6. The Balaban J connectivity index is 1.57. The van der Waals surface area contributed by atoms with Crippen molar-refractivity contribution < 1.29 is 29.0 Å². The largest absolute Gasteiger partial charge is 0.494 e. The third-order valence-corrected chi connectivity index (χ3v) is 8.90. The lowest BCUT2D eigenvalue weighted by molar-refractivity contribution is -0.151. The van der Waals surface area contributed by atoms with E-state index in [-0.39, 0.29) is 30.4 Å². The molecule has 9 heteroatoms. The SMILES string of the molecule is CCCC(C)N1CC=C[C@]23O[C@@H]4C=CCN(c5ccc(OCC)cc5)C(=O)[C@@H]4[C@H]2C(=O)N([C@@H](CC)CO)C3C1=O. The zero-order valence-electron chi connectivity index (χ0n) is 23.9. The minimum atomic E-state index is -1.30. The van der Waals surface area contributed by atoms with Crippen LogP contribution in [0.15, 0.2) is 48.6 Å². The third kappa shape index (κ3) is 4.43. The van der Waals surface area contributed by atoms with Gasteiger partial charge in [0.1, 0.15) is 17.4 Å². The number of carbonyl (C=O) groups excluding carboxylic acids is 3. The molecule has 2 unspecified atom stereocenters. The highest BCUT2D eigenvalue weighted by Crippen LogP contribution is 2.54. The van der Waals surface area contributed by atoms with E-state index in [2.05, 4.69) is 6.92 Å². The molecule has 1 aromatic rings. The first kappa shape index (κ1) is 28.4. The van der Waals surface area contributed by atoms with Crippen LogP contribution in [0.2, 0.25) is 0 Å². The summed E-state index contributed by atoms with van der Waals surface area (Å²) >= 11 is 0. The molecule has 0 radical (unpaired) electrons. The number of ether oxygens (including phenoxy) is 2. The molecule has 9 nitrogen and oxygen atoms in total. The van der Waals surface area contributed by atoms with Gasteiger partial charge >= 0.3 is 0 Å². The summed E-state index contributed by atoms with van der Waals surface area (Å²) in [4.78, 5) is 48.0. The van der Waals surface area contributed by atoms with Crippen molar-refractivity contribution in [2.24, 2.45) is 11.8 Å². The van der Waals surface area contributed by atoms with Gasteiger partial charge in [-0.25, -0.2) is 0 Å². The van der Waals surface area contributed by atoms with Crippen LogP contribution in [0.1, 0.15) is 47.0 Å². The Morgan fingerprint density at radius 3 is 2.45 bits per heavy atom. The summed E-state index contributed by atoms with van der Waals surface area (Å²) in [5.74, 6) is -1.69. The van der Waals surface area contributed by atoms with Gasteiger partial charge in [0.05, 0.1) is 37.2 Å². The smallest absolute Gasteiger partial charge is 0.249 e. The van der Waals surface area contributed by atoms with Crippen LogP contribution in [0.4, 0.5) is 5.69 Å². The predicted octanol–water partition coefficient (Wildman–Crippen LogP) is 2.93. The van der Waals surface area contributed by atoms with E-state index in [1.165, 1.54) is 4.90 Å². The number of hydrogen-bond donors (Lipinski definition) is 1. The van der Waals surface area contributed by atoms with Gasteiger partial charge in [-0.05, 0) is 51.0 Å². The molecule has 4 aliphatic rings. The van der Waals surface area contributed by atoms with Gasteiger partial charge in [0.15, 0.2) is 0 Å². The number of aliphatic hydroxyl groups is 1. The molecule has 4 aliphatic heterocycles. The number of rotatable bonds is 9. The normalized spacial score (nSPS) is 31.0. The monoisotopic (exact) mass is 551 g/mol. The predicted molar refractivity (Wildman–Crippen MR) is 151 cm³/mol. The van der Waals surface area contributed by atoms with Crippen LogP contribution in [0, 0.1) is 11.8 Å². The summed E-state index contributed by atoms with van der Waals surface area (Å²) in [6.45, 7) is 8.93. The van der Waals surface area contributed by atoms with Crippen LogP contribution in [0.25, 0.3) is 0 Å². The number of likely N-dealkylation sites (tertiary alicyclic amines) is 1. The molecule has 3 amide bonds. The lowest BCUT2D eigenvalue weighted by Crippen LogP contribution is -2.59. The number of benzene rings is 1. The van der Waals surface area contributed by atoms with Crippen LogP contribution in [0.3, 0.4) is 0 Å². The van der Waals surface area contributed by atoms with Gasteiger partial charge in [0.2, 0.25) is 17.7 Å². The lowest BCUT2D eigenvalue weighted by atomic mass is 9.77. The summed E-state index contributed by atoms with van der Waals surface area (Å²) in [6.07, 6.45) is 9.12. The van der Waals surface area contributed by atoms with E-state index in [0.717, 1.165) is 12.8 Å². The molecule has 0 aliphatic carbocycles. The zero-order valence-corrected chi connectivity index (χ0v) is 23.9. The van der Waals surface area contributed by atoms with Crippen molar-refractivity contribution in [2.45, 2.75) is 76.8 Å². The summed E-state index contributed by atoms with van der Waals surface area (Å²) in [5.41, 5.74) is -0.596. The van der Waals surface area contributed by atoms with Gasteiger partial charge in [-0.2, -0.15) is 0 Å². The fourth-order valence-electron chi connectivity index (χ4n) is 6.99. The molecule has 2 saturated heterocycles. The Morgan fingerprint density at radius 1 is 1.05 bits per heavy atom. The standard InChI is InChI=1S/C31H41N3O6/c1-5-10-20(4)32-18-9-16-31-26(29(37)34(21(6-2)19-35)27(31)30(32)38)25-24(40-31)11-8-17-33(28(25)36)22-12-14-23(15-13-22)39-7-3/h8-9,11-16,20-21,24-27,35H,5-7,10,17-19H2,1-4H3/t20?,21-,24+,25-,26-,27?,31-/m0/s1. The van der Waals surface area contributed by atoms with Gasteiger partial charge in [0, 0.05) is 24.8 Å². The van der Waals surface area contributed by atoms with Crippen LogP contribution < -0.4 is 9.64 Å². The van der Waals surface area contributed by atoms with Crippen molar-refractivity contribution in [3.8, 4) is 5.75 Å². The number of aliphatic hydroxyl groups excluding tert-OH is 1. The Hall–Kier alpha value is -3.17. The first-order chi connectivity index (χ1) is 19.3. The van der Waals surface area contributed by atoms with Crippen molar-refractivity contribution in [3.63, 3.8) is 0 Å². The lowest BCUT2D eigenvalue weighted by Gasteiger charge is -2.39. The van der Waals surface area contributed by atoms with E-state index in [1.807, 2.05) is 74.2 Å². The molecule has 7 atom stereocenters. The van der Waals surface area contributed by atoms with Gasteiger partial charge in [-0.15, -0.1) is 0 Å². The fraction of sp³-hybridized carbons (Fsp3) is 0.581. The second kappa shape index (κ2) is 11.4. The highest BCUT2D eigenvalue weighted by molar-refractivity contribution is 6.04. The summed E-state index contributed by atoms with van der Waals surface area (Å²) in [7, 11) is 0. The number of nitrogens with zero attached hydrogens (tertiary/aromatic N) is 3. The molecule has 0 bridgehead atoms. The fourth-order valence-corrected chi connectivity index (χ4v) is 6.99. The van der Waals surface area contributed by atoms with Crippen molar-refractivity contribution in [1.29, 1.82) is 0 Å². The van der Waals surface area contributed by atoms with Gasteiger partial charge < -0.3 is 29.3 Å². The molecule has 4 heterocycles. The van der Waals surface area contributed by atoms with E-state index in [9.17, 15) is 19.5 Å².